The number of pyridine rings is 1. The van der Waals surface area contributed by atoms with Gasteiger partial charge in [-0.3, -0.25) is 9.78 Å². The zero-order chi connectivity index (χ0) is 12.5. The molecule has 3 rings (SSSR count). The molecule has 0 saturated heterocycles. The number of nitrogen functional groups attached to an aromatic ring is 1. The second-order valence-corrected chi connectivity index (χ2v) is 4.11. The first-order valence-corrected chi connectivity index (χ1v) is 5.68. The van der Waals surface area contributed by atoms with E-state index in [0.29, 0.717) is 25.2 Å². The van der Waals surface area contributed by atoms with Crippen molar-refractivity contribution in [2.75, 3.05) is 12.3 Å². The van der Waals surface area contributed by atoms with Gasteiger partial charge in [-0.1, -0.05) is 6.07 Å². The van der Waals surface area contributed by atoms with Crippen molar-refractivity contribution in [2.45, 2.75) is 13.0 Å². The van der Waals surface area contributed by atoms with Crippen LogP contribution in [0.3, 0.4) is 0 Å². The van der Waals surface area contributed by atoms with E-state index in [1.807, 2.05) is 0 Å². The number of amides is 1. The SMILES string of the molecule is Nc1nc2c(o1)CCN(C(=O)c1ccccn1)C2. The van der Waals surface area contributed by atoms with Crippen LogP contribution in [0.25, 0.3) is 0 Å². The number of fused-ring (bicyclic) bond motifs is 1. The Hall–Kier alpha value is -2.37. The standard InChI is InChI=1S/C12H12N4O2/c13-12-15-9-7-16(6-4-10(9)18-12)11(17)8-3-1-2-5-14-8/h1-3,5H,4,6-7H2,(H2,13,15). The fourth-order valence-electron chi connectivity index (χ4n) is 2.04. The molecule has 1 amide bonds. The van der Waals surface area contributed by atoms with Crippen LogP contribution in [-0.2, 0) is 13.0 Å². The van der Waals surface area contributed by atoms with E-state index in [2.05, 4.69) is 9.97 Å². The molecule has 0 aromatic carbocycles. The van der Waals surface area contributed by atoms with Gasteiger partial charge in [-0.2, -0.15) is 4.98 Å². The minimum atomic E-state index is -0.0946. The Morgan fingerprint density at radius 3 is 3.11 bits per heavy atom. The predicted octanol–water partition coefficient (Wildman–Crippen LogP) is 0.850. The molecule has 1 aliphatic rings. The second kappa shape index (κ2) is 4.14. The van der Waals surface area contributed by atoms with Crippen molar-refractivity contribution < 1.29 is 9.21 Å². The summed E-state index contributed by atoms with van der Waals surface area (Å²) in [5.41, 5.74) is 6.68. The van der Waals surface area contributed by atoms with Crippen LogP contribution in [0.15, 0.2) is 28.8 Å². The molecule has 2 N–H and O–H groups in total. The maximum atomic E-state index is 12.2. The third kappa shape index (κ3) is 1.81. The van der Waals surface area contributed by atoms with Gasteiger partial charge >= 0.3 is 0 Å². The lowest BCUT2D eigenvalue weighted by Gasteiger charge is -2.24. The Kier molecular flexibility index (Phi) is 2.47. The largest absolute Gasteiger partial charge is 0.428 e. The highest BCUT2D eigenvalue weighted by molar-refractivity contribution is 5.92. The van der Waals surface area contributed by atoms with Gasteiger partial charge in [-0.25, -0.2) is 0 Å². The molecule has 6 nitrogen and oxygen atoms in total. The average Bonchev–Trinajstić information content (AvgIpc) is 2.78. The summed E-state index contributed by atoms with van der Waals surface area (Å²) in [5.74, 6) is 0.681. The third-order valence-corrected chi connectivity index (χ3v) is 2.92. The molecule has 92 valence electrons. The number of rotatable bonds is 1. The summed E-state index contributed by atoms with van der Waals surface area (Å²) < 4.78 is 5.25. The number of oxazole rings is 1. The van der Waals surface area contributed by atoms with Gasteiger partial charge in [0, 0.05) is 19.2 Å². The van der Waals surface area contributed by atoms with Crippen molar-refractivity contribution in [1.82, 2.24) is 14.9 Å². The molecular formula is C12H12N4O2. The van der Waals surface area contributed by atoms with Gasteiger partial charge in [0.15, 0.2) is 0 Å². The van der Waals surface area contributed by atoms with E-state index in [4.69, 9.17) is 10.2 Å². The normalized spacial score (nSPS) is 14.3. The summed E-state index contributed by atoms with van der Waals surface area (Å²) in [6, 6.07) is 5.44. The third-order valence-electron chi connectivity index (χ3n) is 2.92. The van der Waals surface area contributed by atoms with Crippen LogP contribution >= 0.6 is 0 Å². The summed E-state index contributed by atoms with van der Waals surface area (Å²) in [6.07, 6.45) is 2.24. The van der Waals surface area contributed by atoms with Crippen LogP contribution in [0.5, 0.6) is 0 Å². The van der Waals surface area contributed by atoms with E-state index in [0.717, 1.165) is 11.5 Å². The number of hydrogen-bond acceptors (Lipinski definition) is 5. The smallest absolute Gasteiger partial charge is 0.292 e. The van der Waals surface area contributed by atoms with Crippen LogP contribution in [0.1, 0.15) is 21.9 Å². The highest BCUT2D eigenvalue weighted by Crippen LogP contribution is 2.21. The molecule has 0 saturated carbocycles. The summed E-state index contributed by atoms with van der Waals surface area (Å²) >= 11 is 0. The van der Waals surface area contributed by atoms with Gasteiger partial charge in [0.05, 0.1) is 6.54 Å². The Morgan fingerprint density at radius 2 is 2.33 bits per heavy atom. The van der Waals surface area contributed by atoms with Gasteiger partial charge < -0.3 is 15.1 Å². The van der Waals surface area contributed by atoms with E-state index >= 15 is 0 Å². The molecule has 0 atom stereocenters. The summed E-state index contributed by atoms with van der Waals surface area (Å²) in [5, 5.41) is 0. The molecule has 2 aromatic heterocycles. The molecule has 0 bridgehead atoms. The number of hydrogen-bond donors (Lipinski definition) is 1. The maximum absolute atomic E-state index is 12.2. The molecule has 0 aliphatic carbocycles. The van der Waals surface area contributed by atoms with Gasteiger partial charge in [0.1, 0.15) is 17.1 Å². The van der Waals surface area contributed by atoms with Crippen molar-refractivity contribution in [3.63, 3.8) is 0 Å². The molecule has 0 unspecified atom stereocenters. The predicted molar refractivity (Wildman–Crippen MR) is 63.6 cm³/mol. The van der Waals surface area contributed by atoms with Crippen LogP contribution in [0, 0.1) is 0 Å². The van der Waals surface area contributed by atoms with Crippen LogP contribution in [0.4, 0.5) is 6.01 Å². The molecule has 18 heavy (non-hydrogen) atoms. The van der Waals surface area contributed by atoms with Gasteiger partial charge in [-0.15, -0.1) is 0 Å². The number of aromatic nitrogens is 2. The molecular weight excluding hydrogens is 232 g/mol. The minimum absolute atomic E-state index is 0.0946. The molecule has 6 heteroatoms. The summed E-state index contributed by atoms with van der Waals surface area (Å²) in [4.78, 5) is 22.0. The minimum Gasteiger partial charge on any atom is -0.428 e. The number of anilines is 1. The number of nitrogens with two attached hydrogens (primary N) is 1. The van der Waals surface area contributed by atoms with E-state index < -0.39 is 0 Å². The average molecular weight is 244 g/mol. The maximum Gasteiger partial charge on any atom is 0.292 e. The Bertz CT molecular complexity index is 579. The first-order valence-electron chi connectivity index (χ1n) is 5.68. The van der Waals surface area contributed by atoms with Gasteiger partial charge in [0.2, 0.25) is 0 Å². The van der Waals surface area contributed by atoms with Crippen molar-refractivity contribution in [2.24, 2.45) is 0 Å². The quantitative estimate of drug-likeness (QED) is 0.803. The molecule has 2 aromatic rings. The lowest BCUT2D eigenvalue weighted by atomic mass is 10.1. The Labute approximate surface area is 103 Å². The summed E-state index contributed by atoms with van der Waals surface area (Å²) in [7, 11) is 0. The van der Waals surface area contributed by atoms with Gasteiger partial charge in [-0.05, 0) is 12.1 Å². The molecule has 1 aliphatic heterocycles. The van der Waals surface area contributed by atoms with Crippen molar-refractivity contribution >= 4 is 11.9 Å². The monoisotopic (exact) mass is 244 g/mol. The van der Waals surface area contributed by atoms with Crippen molar-refractivity contribution in [1.29, 1.82) is 0 Å². The van der Waals surface area contributed by atoms with E-state index in [1.165, 1.54) is 0 Å². The fraction of sp³-hybridized carbons (Fsp3) is 0.250. The topological polar surface area (TPSA) is 85.2 Å². The highest BCUT2D eigenvalue weighted by Gasteiger charge is 2.26. The van der Waals surface area contributed by atoms with Crippen LogP contribution in [-0.4, -0.2) is 27.3 Å². The Morgan fingerprint density at radius 1 is 1.44 bits per heavy atom. The molecule has 3 heterocycles. The molecule has 0 fully saturated rings. The lowest BCUT2D eigenvalue weighted by molar-refractivity contribution is 0.0722. The zero-order valence-electron chi connectivity index (χ0n) is 9.67. The number of carbonyl (C=O) groups is 1. The van der Waals surface area contributed by atoms with Crippen LogP contribution < -0.4 is 5.73 Å². The fourth-order valence-corrected chi connectivity index (χ4v) is 2.04. The lowest BCUT2D eigenvalue weighted by Crippen LogP contribution is -2.36. The van der Waals surface area contributed by atoms with E-state index in [-0.39, 0.29) is 11.9 Å². The van der Waals surface area contributed by atoms with Gasteiger partial charge in [0.25, 0.3) is 11.9 Å². The number of carbonyl (C=O) groups excluding carboxylic acids is 1. The molecule has 0 radical (unpaired) electrons. The van der Waals surface area contributed by atoms with Crippen molar-refractivity contribution in [3.05, 3.63) is 41.5 Å². The second-order valence-electron chi connectivity index (χ2n) is 4.11. The molecule has 0 spiro atoms. The first-order chi connectivity index (χ1) is 8.74. The van der Waals surface area contributed by atoms with E-state index in [1.54, 1.807) is 29.3 Å². The zero-order valence-corrected chi connectivity index (χ0v) is 9.67. The summed E-state index contributed by atoms with van der Waals surface area (Å²) in [6.45, 7) is 1.02. The van der Waals surface area contributed by atoms with E-state index in [9.17, 15) is 4.79 Å². The van der Waals surface area contributed by atoms with Crippen molar-refractivity contribution in [3.8, 4) is 0 Å². The Balaban J connectivity index is 1.82. The highest BCUT2D eigenvalue weighted by atomic mass is 16.4. The van der Waals surface area contributed by atoms with Crippen LogP contribution in [0.2, 0.25) is 0 Å². The number of nitrogens with zero attached hydrogens (tertiary/aromatic N) is 3. The first kappa shape index (κ1) is 10.8.